The van der Waals surface area contributed by atoms with Gasteiger partial charge in [-0.05, 0) is 56.3 Å². The van der Waals surface area contributed by atoms with Crippen LogP contribution >= 0.6 is 0 Å². The molecule has 0 bridgehead atoms. The van der Waals surface area contributed by atoms with E-state index in [4.69, 9.17) is 0 Å². The van der Waals surface area contributed by atoms with E-state index in [9.17, 15) is 0 Å². The molecule has 2 atom stereocenters. The Balaban J connectivity index is 0.000000922. The van der Waals surface area contributed by atoms with Crippen LogP contribution in [0, 0.1) is 17.3 Å². The standard InChI is InChI=1S/C19H30.C5H12/c1-5-7-12-16-19(17(3)4,15-8-6-2)18-13-10-9-11-14-18;1-4-5(2)3/h5,9-11,13,18H,1,3,6-8,12,14-16H2,2,4H3;5H,4H2,1-3H3. The molecule has 0 heteroatoms. The third-order valence-corrected chi connectivity index (χ3v) is 5.36. The van der Waals surface area contributed by atoms with Gasteiger partial charge in [0.2, 0.25) is 0 Å². The predicted octanol–water partition coefficient (Wildman–Crippen LogP) is 8.28. The lowest BCUT2D eigenvalue weighted by Gasteiger charge is -2.41. The van der Waals surface area contributed by atoms with Gasteiger partial charge in [0.25, 0.3) is 0 Å². The summed E-state index contributed by atoms with van der Waals surface area (Å²) in [6.45, 7) is 19.4. The largest absolute Gasteiger partial charge is 0.103 e. The Labute approximate surface area is 152 Å². The molecule has 0 heterocycles. The second kappa shape index (κ2) is 13.3. The quantitative estimate of drug-likeness (QED) is 0.279. The van der Waals surface area contributed by atoms with Gasteiger partial charge in [-0.3, -0.25) is 0 Å². The van der Waals surface area contributed by atoms with Crippen LogP contribution in [0.3, 0.4) is 0 Å². The Bertz CT molecular complexity index is 396. The highest BCUT2D eigenvalue weighted by Gasteiger charge is 2.36. The summed E-state index contributed by atoms with van der Waals surface area (Å²) < 4.78 is 0. The maximum Gasteiger partial charge on any atom is -0.00276 e. The third-order valence-electron chi connectivity index (χ3n) is 5.36. The van der Waals surface area contributed by atoms with Crippen LogP contribution < -0.4 is 0 Å². The van der Waals surface area contributed by atoms with E-state index in [0.717, 1.165) is 12.3 Å². The third kappa shape index (κ3) is 8.18. The van der Waals surface area contributed by atoms with Crippen molar-refractivity contribution < 1.29 is 0 Å². The smallest absolute Gasteiger partial charge is 0.00276 e. The van der Waals surface area contributed by atoms with Gasteiger partial charge in [0.05, 0.1) is 0 Å². The van der Waals surface area contributed by atoms with Crippen molar-refractivity contribution in [1.82, 2.24) is 0 Å². The van der Waals surface area contributed by atoms with Crippen molar-refractivity contribution in [2.24, 2.45) is 17.3 Å². The summed E-state index contributed by atoms with van der Waals surface area (Å²) in [5, 5.41) is 0. The van der Waals surface area contributed by atoms with Crippen LogP contribution in [0.2, 0.25) is 0 Å². The van der Waals surface area contributed by atoms with E-state index in [1.807, 2.05) is 6.08 Å². The van der Waals surface area contributed by atoms with Crippen molar-refractivity contribution in [2.45, 2.75) is 86.0 Å². The molecule has 0 saturated carbocycles. The molecule has 24 heavy (non-hydrogen) atoms. The SMILES string of the molecule is C=CCCCC(CCCC)(C(=C)C)C1C=CC=CC1.CCC(C)C. The zero-order valence-electron chi connectivity index (χ0n) is 17.1. The molecule has 0 radical (unpaired) electrons. The van der Waals surface area contributed by atoms with Gasteiger partial charge in [0.1, 0.15) is 0 Å². The number of hydrogen-bond donors (Lipinski definition) is 0. The van der Waals surface area contributed by atoms with Crippen LogP contribution in [-0.4, -0.2) is 0 Å². The van der Waals surface area contributed by atoms with E-state index in [1.54, 1.807) is 0 Å². The summed E-state index contributed by atoms with van der Waals surface area (Å²) in [7, 11) is 0. The second-order valence-electron chi connectivity index (χ2n) is 7.68. The maximum atomic E-state index is 4.35. The minimum atomic E-state index is 0.292. The number of rotatable bonds is 10. The van der Waals surface area contributed by atoms with E-state index < -0.39 is 0 Å². The first-order chi connectivity index (χ1) is 11.4. The monoisotopic (exact) mass is 330 g/mol. The molecule has 138 valence electrons. The van der Waals surface area contributed by atoms with Crippen molar-refractivity contribution in [1.29, 1.82) is 0 Å². The zero-order valence-corrected chi connectivity index (χ0v) is 17.1. The molecular weight excluding hydrogens is 288 g/mol. The van der Waals surface area contributed by atoms with Gasteiger partial charge in [-0.1, -0.05) is 89.5 Å². The molecule has 0 N–H and O–H groups in total. The number of allylic oxidation sites excluding steroid dienone is 6. The van der Waals surface area contributed by atoms with Crippen molar-refractivity contribution >= 4 is 0 Å². The van der Waals surface area contributed by atoms with Gasteiger partial charge in [0, 0.05) is 0 Å². The van der Waals surface area contributed by atoms with E-state index in [-0.39, 0.29) is 0 Å². The summed E-state index contributed by atoms with van der Waals surface area (Å²) in [5.74, 6) is 1.52. The number of unbranched alkanes of at least 4 members (excludes halogenated alkanes) is 2. The topological polar surface area (TPSA) is 0 Å². The molecule has 0 aromatic carbocycles. The van der Waals surface area contributed by atoms with Crippen molar-refractivity contribution in [3.63, 3.8) is 0 Å². The normalized spacial score (nSPS) is 18.7. The Kier molecular flexibility index (Phi) is 12.7. The van der Waals surface area contributed by atoms with Crippen LogP contribution in [0.15, 0.2) is 49.1 Å². The van der Waals surface area contributed by atoms with E-state index in [2.05, 4.69) is 72.1 Å². The van der Waals surface area contributed by atoms with E-state index in [0.29, 0.717) is 11.3 Å². The first-order valence-electron chi connectivity index (χ1n) is 10.0. The minimum absolute atomic E-state index is 0.292. The van der Waals surface area contributed by atoms with Crippen molar-refractivity contribution in [2.75, 3.05) is 0 Å². The summed E-state index contributed by atoms with van der Waals surface area (Å²) in [4.78, 5) is 0. The lowest BCUT2D eigenvalue weighted by molar-refractivity contribution is 0.204. The van der Waals surface area contributed by atoms with Gasteiger partial charge < -0.3 is 0 Å². The zero-order chi connectivity index (χ0) is 18.4. The first kappa shape index (κ1) is 23.0. The Morgan fingerprint density at radius 2 is 1.83 bits per heavy atom. The van der Waals surface area contributed by atoms with Gasteiger partial charge in [0.15, 0.2) is 0 Å². The van der Waals surface area contributed by atoms with Crippen LogP contribution in [0.25, 0.3) is 0 Å². The molecule has 0 aromatic heterocycles. The lowest BCUT2D eigenvalue weighted by atomic mass is 9.63. The summed E-state index contributed by atoms with van der Waals surface area (Å²) >= 11 is 0. The van der Waals surface area contributed by atoms with Crippen molar-refractivity contribution in [3.8, 4) is 0 Å². The highest BCUT2D eigenvalue weighted by Crippen LogP contribution is 2.47. The molecule has 0 aliphatic heterocycles. The predicted molar refractivity (Wildman–Crippen MR) is 112 cm³/mol. The summed E-state index contributed by atoms with van der Waals surface area (Å²) in [6.07, 6.45) is 21.0. The van der Waals surface area contributed by atoms with Crippen LogP contribution in [0.4, 0.5) is 0 Å². The van der Waals surface area contributed by atoms with Crippen molar-refractivity contribution in [3.05, 3.63) is 49.1 Å². The summed E-state index contributed by atoms with van der Waals surface area (Å²) in [5.41, 5.74) is 1.66. The van der Waals surface area contributed by atoms with Crippen LogP contribution in [-0.2, 0) is 0 Å². The highest BCUT2D eigenvalue weighted by atomic mass is 14.4. The molecule has 1 aliphatic carbocycles. The average molecular weight is 331 g/mol. The molecule has 0 saturated heterocycles. The molecule has 0 nitrogen and oxygen atoms in total. The average Bonchev–Trinajstić information content (AvgIpc) is 2.59. The fourth-order valence-corrected chi connectivity index (χ4v) is 3.28. The molecule has 1 aliphatic rings. The van der Waals surface area contributed by atoms with E-state index in [1.165, 1.54) is 50.5 Å². The Hall–Kier alpha value is -1.04. The summed E-state index contributed by atoms with van der Waals surface area (Å²) in [6, 6.07) is 0. The second-order valence-corrected chi connectivity index (χ2v) is 7.68. The molecule has 2 unspecified atom stereocenters. The molecule has 0 amide bonds. The molecular formula is C24H42. The molecule has 0 spiro atoms. The van der Waals surface area contributed by atoms with Crippen LogP contribution in [0.1, 0.15) is 86.0 Å². The van der Waals surface area contributed by atoms with E-state index >= 15 is 0 Å². The molecule has 1 rings (SSSR count). The van der Waals surface area contributed by atoms with Gasteiger partial charge in [-0.25, -0.2) is 0 Å². The molecule has 0 fully saturated rings. The first-order valence-corrected chi connectivity index (χ1v) is 10.0. The van der Waals surface area contributed by atoms with Gasteiger partial charge >= 0.3 is 0 Å². The maximum absolute atomic E-state index is 4.35. The van der Waals surface area contributed by atoms with Crippen LogP contribution in [0.5, 0.6) is 0 Å². The van der Waals surface area contributed by atoms with Gasteiger partial charge in [-0.2, -0.15) is 0 Å². The fraction of sp³-hybridized carbons (Fsp3) is 0.667. The molecule has 0 aromatic rings. The minimum Gasteiger partial charge on any atom is -0.103 e. The lowest BCUT2D eigenvalue weighted by Crippen LogP contribution is -2.31. The number of hydrogen-bond acceptors (Lipinski definition) is 0. The fourth-order valence-electron chi connectivity index (χ4n) is 3.28. The highest BCUT2D eigenvalue weighted by molar-refractivity contribution is 5.21. The van der Waals surface area contributed by atoms with Gasteiger partial charge in [-0.15, -0.1) is 6.58 Å². The Morgan fingerprint density at radius 1 is 1.21 bits per heavy atom. The Morgan fingerprint density at radius 3 is 2.25 bits per heavy atom.